The zero-order chi connectivity index (χ0) is 13.3. The zero-order valence-corrected chi connectivity index (χ0v) is 10.7. The van der Waals surface area contributed by atoms with Crippen LogP contribution in [0.5, 0.6) is 0 Å². The molecule has 18 heavy (non-hydrogen) atoms. The monoisotopic (exact) mass is 251 g/mol. The highest BCUT2D eigenvalue weighted by atomic mass is 19.1. The van der Waals surface area contributed by atoms with E-state index in [1.807, 2.05) is 0 Å². The Kier molecular flexibility index (Phi) is 3.24. The van der Waals surface area contributed by atoms with Crippen LogP contribution in [0.15, 0.2) is 12.3 Å². The van der Waals surface area contributed by atoms with Crippen molar-refractivity contribution < 1.29 is 9.18 Å². The van der Waals surface area contributed by atoms with Crippen molar-refractivity contribution in [3.05, 3.63) is 23.6 Å². The summed E-state index contributed by atoms with van der Waals surface area (Å²) in [6.45, 7) is 4.34. The average molecular weight is 251 g/mol. The molecule has 1 unspecified atom stereocenters. The zero-order valence-electron chi connectivity index (χ0n) is 10.7. The molecule has 2 rings (SSSR count). The van der Waals surface area contributed by atoms with Crippen LogP contribution in [-0.2, 0) is 0 Å². The number of amides is 1. The number of nitrogen functional groups attached to an aromatic ring is 1. The Bertz CT molecular complexity index is 473. The maximum Gasteiger partial charge on any atom is 0.254 e. The van der Waals surface area contributed by atoms with Gasteiger partial charge in [-0.05, 0) is 30.7 Å². The van der Waals surface area contributed by atoms with Crippen LogP contribution in [0.3, 0.4) is 0 Å². The van der Waals surface area contributed by atoms with Gasteiger partial charge in [0.1, 0.15) is 0 Å². The Morgan fingerprint density at radius 3 is 2.94 bits per heavy atom. The maximum absolute atomic E-state index is 13.6. The smallest absolute Gasteiger partial charge is 0.254 e. The van der Waals surface area contributed by atoms with E-state index in [2.05, 4.69) is 24.1 Å². The van der Waals surface area contributed by atoms with E-state index in [4.69, 9.17) is 5.73 Å². The topological polar surface area (TPSA) is 68.0 Å². The standard InChI is InChI=1S/C13H18FN3O/c1-13(2)5-3-8(7-13)17-12(18)9-4-6-16-11(15)10(9)14/h4,6,8H,3,5,7H2,1-2H3,(H2,15,16)(H,17,18). The van der Waals surface area contributed by atoms with Crippen LogP contribution in [0.4, 0.5) is 10.2 Å². The molecule has 0 radical (unpaired) electrons. The number of aromatic nitrogens is 1. The van der Waals surface area contributed by atoms with E-state index >= 15 is 0 Å². The van der Waals surface area contributed by atoms with Crippen molar-refractivity contribution in [3.8, 4) is 0 Å². The lowest BCUT2D eigenvalue weighted by atomic mass is 9.92. The van der Waals surface area contributed by atoms with Gasteiger partial charge >= 0.3 is 0 Å². The van der Waals surface area contributed by atoms with E-state index in [1.165, 1.54) is 12.3 Å². The Labute approximate surface area is 106 Å². The van der Waals surface area contributed by atoms with Crippen LogP contribution in [0.25, 0.3) is 0 Å². The van der Waals surface area contributed by atoms with Crippen molar-refractivity contribution in [2.45, 2.75) is 39.2 Å². The number of nitrogens with two attached hydrogens (primary N) is 1. The molecule has 0 spiro atoms. The maximum atomic E-state index is 13.6. The van der Waals surface area contributed by atoms with Gasteiger partial charge in [0.25, 0.3) is 5.91 Å². The summed E-state index contributed by atoms with van der Waals surface area (Å²) < 4.78 is 13.6. The summed E-state index contributed by atoms with van der Waals surface area (Å²) in [4.78, 5) is 15.5. The average Bonchev–Trinajstić information content (AvgIpc) is 2.62. The summed E-state index contributed by atoms with van der Waals surface area (Å²) in [7, 11) is 0. The Balaban J connectivity index is 2.07. The summed E-state index contributed by atoms with van der Waals surface area (Å²) in [5.41, 5.74) is 5.55. The second kappa shape index (κ2) is 4.55. The summed E-state index contributed by atoms with van der Waals surface area (Å²) in [5.74, 6) is -1.40. The molecule has 0 aliphatic heterocycles. The normalized spacial score (nSPS) is 21.8. The van der Waals surface area contributed by atoms with E-state index < -0.39 is 11.7 Å². The van der Waals surface area contributed by atoms with Crippen LogP contribution in [0, 0.1) is 11.2 Å². The van der Waals surface area contributed by atoms with Crippen molar-refractivity contribution in [1.29, 1.82) is 0 Å². The third kappa shape index (κ3) is 2.60. The predicted molar refractivity (Wildman–Crippen MR) is 67.5 cm³/mol. The van der Waals surface area contributed by atoms with Gasteiger partial charge in [-0.2, -0.15) is 0 Å². The number of anilines is 1. The van der Waals surface area contributed by atoms with Gasteiger partial charge in [0, 0.05) is 12.2 Å². The largest absolute Gasteiger partial charge is 0.381 e. The number of halogens is 1. The summed E-state index contributed by atoms with van der Waals surface area (Å²) in [5, 5.41) is 2.86. The van der Waals surface area contributed by atoms with Crippen molar-refractivity contribution in [1.82, 2.24) is 10.3 Å². The lowest BCUT2D eigenvalue weighted by Crippen LogP contribution is -2.34. The number of rotatable bonds is 2. The number of hydrogen-bond donors (Lipinski definition) is 2. The molecule has 0 aromatic carbocycles. The molecular formula is C13H18FN3O. The first kappa shape index (κ1) is 12.8. The number of nitrogens with one attached hydrogen (secondary N) is 1. The van der Waals surface area contributed by atoms with Crippen LogP contribution in [0.1, 0.15) is 43.5 Å². The van der Waals surface area contributed by atoms with Gasteiger partial charge in [-0.15, -0.1) is 0 Å². The quantitative estimate of drug-likeness (QED) is 0.846. The van der Waals surface area contributed by atoms with E-state index in [-0.39, 0.29) is 22.8 Å². The minimum atomic E-state index is -0.743. The molecule has 98 valence electrons. The molecule has 5 heteroatoms. The van der Waals surface area contributed by atoms with E-state index in [0.29, 0.717) is 0 Å². The van der Waals surface area contributed by atoms with E-state index in [1.54, 1.807) is 0 Å². The first-order valence-electron chi connectivity index (χ1n) is 6.10. The second-order valence-corrected chi connectivity index (χ2v) is 5.64. The Morgan fingerprint density at radius 2 is 2.33 bits per heavy atom. The summed E-state index contributed by atoms with van der Waals surface area (Å²) in [6.07, 6.45) is 4.26. The molecule has 1 aromatic rings. The third-order valence-electron chi connectivity index (χ3n) is 3.46. The molecule has 1 aliphatic carbocycles. The first-order chi connectivity index (χ1) is 8.39. The van der Waals surface area contributed by atoms with Gasteiger partial charge < -0.3 is 11.1 Å². The van der Waals surface area contributed by atoms with Gasteiger partial charge in [-0.1, -0.05) is 13.8 Å². The van der Waals surface area contributed by atoms with E-state index in [0.717, 1.165) is 19.3 Å². The highest BCUT2D eigenvalue weighted by Gasteiger charge is 2.32. The molecule has 4 nitrogen and oxygen atoms in total. The van der Waals surface area contributed by atoms with Gasteiger partial charge in [0.05, 0.1) is 5.56 Å². The van der Waals surface area contributed by atoms with Gasteiger partial charge in [-0.25, -0.2) is 9.37 Å². The number of carbonyl (C=O) groups excluding carboxylic acids is 1. The van der Waals surface area contributed by atoms with Crippen molar-refractivity contribution in [3.63, 3.8) is 0 Å². The summed E-state index contributed by atoms with van der Waals surface area (Å²) >= 11 is 0. The van der Waals surface area contributed by atoms with Gasteiger partial charge in [0.15, 0.2) is 11.6 Å². The molecule has 1 atom stereocenters. The number of nitrogens with zero attached hydrogens (tertiary/aromatic N) is 1. The molecule has 1 amide bonds. The highest BCUT2D eigenvalue weighted by Crippen LogP contribution is 2.37. The highest BCUT2D eigenvalue weighted by molar-refractivity contribution is 5.95. The molecular weight excluding hydrogens is 233 g/mol. The number of hydrogen-bond acceptors (Lipinski definition) is 3. The van der Waals surface area contributed by atoms with Crippen molar-refractivity contribution in [2.75, 3.05) is 5.73 Å². The lowest BCUT2D eigenvalue weighted by Gasteiger charge is -2.18. The van der Waals surface area contributed by atoms with Crippen molar-refractivity contribution in [2.24, 2.45) is 5.41 Å². The van der Waals surface area contributed by atoms with Crippen LogP contribution in [0.2, 0.25) is 0 Å². The molecule has 3 N–H and O–H groups in total. The predicted octanol–water partition coefficient (Wildman–Crippen LogP) is 2.11. The SMILES string of the molecule is CC1(C)CCC(NC(=O)c2ccnc(N)c2F)C1. The Hall–Kier alpha value is -1.65. The van der Waals surface area contributed by atoms with Gasteiger partial charge in [0.2, 0.25) is 0 Å². The number of pyridine rings is 1. The third-order valence-corrected chi connectivity index (χ3v) is 3.46. The molecule has 1 aromatic heterocycles. The molecule has 0 bridgehead atoms. The minimum Gasteiger partial charge on any atom is -0.381 e. The fourth-order valence-electron chi connectivity index (χ4n) is 2.46. The molecule has 1 aliphatic rings. The number of carbonyl (C=O) groups is 1. The Morgan fingerprint density at radius 1 is 1.61 bits per heavy atom. The summed E-state index contributed by atoms with van der Waals surface area (Å²) in [6, 6.07) is 1.46. The minimum absolute atomic E-state index is 0.0350. The second-order valence-electron chi connectivity index (χ2n) is 5.64. The molecule has 1 fully saturated rings. The fourth-order valence-corrected chi connectivity index (χ4v) is 2.46. The van der Waals surface area contributed by atoms with E-state index in [9.17, 15) is 9.18 Å². The van der Waals surface area contributed by atoms with Crippen molar-refractivity contribution >= 4 is 11.7 Å². The molecule has 1 saturated carbocycles. The van der Waals surface area contributed by atoms with Crippen LogP contribution >= 0.6 is 0 Å². The van der Waals surface area contributed by atoms with Gasteiger partial charge in [-0.3, -0.25) is 4.79 Å². The lowest BCUT2D eigenvalue weighted by molar-refractivity contribution is 0.0932. The van der Waals surface area contributed by atoms with Crippen LogP contribution < -0.4 is 11.1 Å². The van der Waals surface area contributed by atoms with Crippen LogP contribution in [-0.4, -0.2) is 16.9 Å². The first-order valence-corrected chi connectivity index (χ1v) is 6.10. The molecule has 1 heterocycles. The fraction of sp³-hybridized carbons (Fsp3) is 0.538. The molecule has 0 saturated heterocycles.